The molecule has 6 aromatic rings. The molecule has 0 aliphatic heterocycles. The molecule has 56 heavy (non-hydrogen) atoms. The van der Waals surface area contributed by atoms with Crippen molar-refractivity contribution < 1.29 is 14.3 Å². The zero-order valence-electron chi connectivity index (χ0n) is 31.6. The van der Waals surface area contributed by atoms with Gasteiger partial charge in [0.05, 0.1) is 22.8 Å². The first kappa shape index (κ1) is 39.3. The number of aliphatic imine (C=N–C) groups is 1. The number of nitrogen functional groups attached to an aromatic ring is 1. The third kappa shape index (κ3) is 11.1. The molecular formula is C48H45ClN4O3. The maximum Gasteiger partial charge on any atom is 0.159 e. The highest BCUT2D eigenvalue weighted by molar-refractivity contribution is 6.30. The smallest absolute Gasteiger partial charge is 0.159 e. The number of ether oxygens (including phenoxy) is 2. The van der Waals surface area contributed by atoms with Gasteiger partial charge in [0, 0.05) is 70.9 Å². The van der Waals surface area contributed by atoms with E-state index in [1.807, 2.05) is 141 Å². The molecule has 8 heteroatoms. The number of nitrogens with two attached hydrogens (primary N) is 1. The lowest BCUT2D eigenvalue weighted by molar-refractivity contribution is -0.115. The van der Waals surface area contributed by atoms with Crippen LogP contribution >= 0.6 is 11.6 Å². The second-order valence-electron chi connectivity index (χ2n) is 12.9. The van der Waals surface area contributed by atoms with Gasteiger partial charge in [-0.25, -0.2) is 4.99 Å². The number of carbonyl (C=O) groups excluding carboxylic acids is 1. The van der Waals surface area contributed by atoms with Gasteiger partial charge in [0.2, 0.25) is 0 Å². The zero-order valence-corrected chi connectivity index (χ0v) is 32.4. The van der Waals surface area contributed by atoms with Gasteiger partial charge in [-0.15, -0.1) is 0 Å². The summed E-state index contributed by atoms with van der Waals surface area (Å²) < 4.78 is 11.9. The Hall–Kier alpha value is -6.44. The van der Waals surface area contributed by atoms with Crippen LogP contribution in [0.25, 0.3) is 18.2 Å². The minimum absolute atomic E-state index is 0.130. The monoisotopic (exact) mass is 760 g/mol. The Bertz CT molecular complexity index is 2300. The van der Waals surface area contributed by atoms with Gasteiger partial charge in [-0.2, -0.15) is 5.10 Å². The number of hydrogen-bond donors (Lipinski definition) is 2. The average molecular weight is 761 g/mol. The van der Waals surface area contributed by atoms with Crippen LogP contribution in [-0.4, -0.2) is 21.7 Å². The second-order valence-corrected chi connectivity index (χ2v) is 13.3. The van der Waals surface area contributed by atoms with E-state index in [1.165, 1.54) is 5.56 Å². The van der Waals surface area contributed by atoms with E-state index in [0.29, 0.717) is 17.9 Å². The van der Waals surface area contributed by atoms with E-state index in [0.717, 1.165) is 87.5 Å². The summed E-state index contributed by atoms with van der Waals surface area (Å²) in [7, 11) is 0. The van der Waals surface area contributed by atoms with E-state index in [-0.39, 0.29) is 5.78 Å². The van der Waals surface area contributed by atoms with Crippen LogP contribution in [0.5, 0.6) is 11.5 Å². The van der Waals surface area contributed by atoms with Crippen LogP contribution in [0.3, 0.4) is 0 Å². The minimum atomic E-state index is 0.130. The first-order valence-corrected chi connectivity index (χ1v) is 19.3. The molecule has 0 saturated carbocycles. The molecular weight excluding hydrogens is 716 g/mol. The van der Waals surface area contributed by atoms with Crippen molar-refractivity contribution in [1.29, 1.82) is 0 Å². The van der Waals surface area contributed by atoms with Crippen LogP contribution in [0, 0.1) is 0 Å². The lowest BCUT2D eigenvalue weighted by Gasteiger charge is -2.15. The summed E-state index contributed by atoms with van der Waals surface area (Å²) >= 11 is 5.92. The summed E-state index contributed by atoms with van der Waals surface area (Å²) in [6, 6.07) is 43.1. The molecule has 0 radical (unpaired) electrons. The van der Waals surface area contributed by atoms with Crippen LogP contribution in [-0.2, 0) is 11.2 Å². The number of hydrogen-bond acceptors (Lipinski definition) is 6. The molecule has 0 amide bonds. The highest BCUT2D eigenvalue weighted by Gasteiger charge is 2.18. The largest absolute Gasteiger partial charge is 0.462 e. The Morgan fingerprint density at radius 2 is 1.36 bits per heavy atom. The number of carbonyl (C=O) groups is 1. The molecule has 1 aromatic heterocycles. The molecule has 0 spiro atoms. The van der Waals surface area contributed by atoms with Crippen molar-refractivity contribution in [3.63, 3.8) is 0 Å². The number of aromatic nitrogens is 2. The molecule has 282 valence electrons. The fraction of sp³-hybridized carbons (Fsp3) is 0.146. The summed E-state index contributed by atoms with van der Waals surface area (Å²) in [6.07, 6.45) is 11.6. The van der Waals surface area contributed by atoms with Crippen molar-refractivity contribution in [2.45, 2.75) is 46.0 Å². The van der Waals surface area contributed by atoms with E-state index in [2.05, 4.69) is 34.5 Å². The quantitative estimate of drug-likeness (QED) is 0.113. The van der Waals surface area contributed by atoms with Gasteiger partial charge in [-0.1, -0.05) is 116 Å². The highest BCUT2D eigenvalue weighted by Crippen LogP contribution is 2.29. The van der Waals surface area contributed by atoms with Crippen molar-refractivity contribution in [3.8, 4) is 11.5 Å². The molecule has 0 unspecified atom stereocenters. The van der Waals surface area contributed by atoms with Gasteiger partial charge >= 0.3 is 0 Å². The number of fused-ring (bicyclic) bond motifs is 1. The predicted octanol–water partition coefficient (Wildman–Crippen LogP) is 12.1. The number of nitrogens with one attached hydrogen (secondary N) is 1. The fourth-order valence-corrected chi connectivity index (χ4v) is 6.31. The number of rotatable bonds is 9. The third-order valence-corrected chi connectivity index (χ3v) is 9.09. The van der Waals surface area contributed by atoms with Crippen molar-refractivity contribution in [3.05, 3.63) is 190 Å². The Morgan fingerprint density at radius 3 is 2.02 bits per heavy atom. The van der Waals surface area contributed by atoms with Gasteiger partial charge in [0.15, 0.2) is 5.78 Å². The normalized spacial score (nSPS) is 13.2. The number of benzene rings is 5. The Morgan fingerprint density at radius 1 is 0.714 bits per heavy atom. The summed E-state index contributed by atoms with van der Waals surface area (Å²) in [5, 5.41) is 8.26. The molecule has 2 aliphatic rings. The lowest BCUT2D eigenvalue weighted by Crippen LogP contribution is -2.07. The molecule has 2 aliphatic carbocycles. The fourth-order valence-electron chi connectivity index (χ4n) is 6.18. The second kappa shape index (κ2) is 19.8. The van der Waals surface area contributed by atoms with Crippen molar-refractivity contribution in [1.82, 2.24) is 10.2 Å². The van der Waals surface area contributed by atoms with Crippen molar-refractivity contribution in [2.75, 3.05) is 5.73 Å². The lowest BCUT2D eigenvalue weighted by atomic mass is 9.99. The van der Waals surface area contributed by atoms with Crippen LogP contribution in [0.15, 0.2) is 156 Å². The van der Waals surface area contributed by atoms with Gasteiger partial charge in [-0.3, -0.25) is 9.89 Å². The van der Waals surface area contributed by atoms with Crippen LogP contribution in [0.1, 0.15) is 73.2 Å². The number of halogens is 1. The number of ketones is 1. The van der Waals surface area contributed by atoms with E-state index in [4.69, 9.17) is 31.8 Å². The Balaban J connectivity index is 0.000000182. The first-order valence-electron chi connectivity index (χ1n) is 18.9. The number of H-pyrrole nitrogens is 1. The van der Waals surface area contributed by atoms with Crippen LogP contribution < -0.4 is 15.2 Å². The van der Waals surface area contributed by atoms with E-state index in [1.54, 1.807) is 6.08 Å². The molecule has 5 aromatic carbocycles. The maximum absolute atomic E-state index is 11.6. The van der Waals surface area contributed by atoms with E-state index < -0.39 is 0 Å². The van der Waals surface area contributed by atoms with E-state index in [9.17, 15) is 4.79 Å². The molecule has 1 heterocycles. The van der Waals surface area contributed by atoms with Gasteiger partial charge in [-0.05, 0) is 60.9 Å². The molecule has 0 saturated heterocycles. The molecule has 8 rings (SSSR count). The maximum atomic E-state index is 11.6. The number of anilines is 1. The average Bonchev–Trinajstić information content (AvgIpc) is 3.63. The summed E-state index contributed by atoms with van der Waals surface area (Å²) in [5.74, 6) is 3.21. The SMILES string of the molecule is CC.Nc1cccc(OC2=Cc3[nH]nc(/C=C/c4ccc(Cl)cc4)c3CC2)c1.O=C1C=C(Oc2cccc(N=C(c3ccccc3)c3ccccc3)c2)CCC1. The molecule has 0 fully saturated rings. The van der Waals surface area contributed by atoms with Gasteiger partial charge in [0.1, 0.15) is 23.0 Å². The van der Waals surface area contributed by atoms with Crippen LogP contribution in [0.4, 0.5) is 11.4 Å². The topological polar surface area (TPSA) is 103 Å². The van der Waals surface area contributed by atoms with Gasteiger partial charge in [0.25, 0.3) is 0 Å². The van der Waals surface area contributed by atoms with Crippen molar-refractivity contribution in [2.24, 2.45) is 4.99 Å². The molecule has 3 N–H and O–H groups in total. The molecule has 0 bridgehead atoms. The number of nitrogens with zero attached hydrogens (tertiary/aromatic N) is 2. The number of allylic oxidation sites excluding steroid dienone is 3. The number of aromatic amines is 1. The highest BCUT2D eigenvalue weighted by atomic mass is 35.5. The summed E-state index contributed by atoms with van der Waals surface area (Å²) in [6.45, 7) is 4.00. The third-order valence-electron chi connectivity index (χ3n) is 8.84. The minimum Gasteiger partial charge on any atom is -0.462 e. The van der Waals surface area contributed by atoms with Crippen molar-refractivity contribution >= 4 is 52.7 Å². The molecule has 0 atom stereocenters. The Labute approximate surface area is 333 Å². The zero-order chi connectivity index (χ0) is 39.1. The standard InChI is InChI=1S/C25H21NO2.C21H18ClN3O.C2H6/c27-22-14-8-16-24(18-22)28-23-15-7-13-21(17-23)26-25(19-9-3-1-4-10-19)20-11-5-2-6-12-20;22-15-7-4-14(5-8-15)6-11-20-19-10-9-18(13-21(19)25-24-20)26-17-3-1-2-16(23)12-17;1-2/h1-7,9-13,15,17-18H,8,14,16H2;1-8,11-13H,9-10,23H2,(H,24,25);1-2H3/b;11-6+;. The molecule has 7 nitrogen and oxygen atoms in total. The predicted molar refractivity (Wildman–Crippen MR) is 230 cm³/mol. The Kier molecular flexibility index (Phi) is 13.9. The first-order chi connectivity index (χ1) is 27.4. The van der Waals surface area contributed by atoms with Crippen LogP contribution in [0.2, 0.25) is 5.02 Å². The van der Waals surface area contributed by atoms with E-state index >= 15 is 0 Å². The van der Waals surface area contributed by atoms with Gasteiger partial charge < -0.3 is 15.2 Å². The summed E-state index contributed by atoms with van der Waals surface area (Å²) in [4.78, 5) is 16.5. The summed E-state index contributed by atoms with van der Waals surface area (Å²) in [5.41, 5.74) is 14.6.